The first-order valence-corrected chi connectivity index (χ1v) is 4.69. The molecule has 1 heterocycles. The molecule has 2 aromatic rings. The molecule has 5 heteroatoms. The summed E-state index contributed by atoms with van der Waals surface area (Å²) in [6.07, 6.45) is 0. The molecule has 0 radical (unpaired) electrons. The van der Waals surface area contributed by atoms with Crippen LogP contribution in [-0.2, 0) is 11.5 Å². The summed E-state index contributed by atoms with van der Waals surface area (Å²) in [7, 11) is 0. The van der Waals surface area contributed by atoms with Crippen molar-refractivity contribution >= 4 is 16.8 Å². The van der Waals surface area contributed by atoms with Crippen molar-refractivity contribution in [1.29, 1.82) is 0 Å². The Bertz CT molecular complexity index is 527. The maximum Gasteiger partial charge on any atom is 0.421 e. The quantitative estimate of drug-likeness (QED) is 0.768. The molecule has 0 aliphatic heterocycles. The normalized spacial score (nSPS) is 11.0. The predicted molar refractivity (Wildman–Crippen MR) is 56.5 cm³/mol. The highest BCUT2D eigenvalue weighted by molar-refractivity contribution is 5.76. The third-order valence-electron chi connectivity index (χ3n) is 2.12. The average Bonchev–Trinajstić information content (AvgIpc) is 2.51. The van der Waals surface area contributed by atoms with Crippen LogP contribution in [0.4, 0.5) is 5.69 Å². The second-order valence-electron chi connectivity index (χ2n) is 3.15. The van der Waals surface area contributed by atoms with E-state index >= 15 is 0 Å². The van der Waals surface area contributed by atoms with Crippen LogP contribution in [0.5, 0.6) is 0 Å². The highest BCUT2D eigenvalue weighted by Gasteiger charge is 2.08. The second kappa shape index (κ2) is 3.78. The van der Waals surface area contributed by atoms with E-state index in [0.29, 0.717) is 23.4 Å². The topological polar surface area (TPSA) is 70.4 Å². The molecule has 0 saturated heterocycles. The van der Waals surface area contributed by atoms with E-state index in [2.05, 4.69) is 0 Å². The van der Waals surface area contributed by atoms with Crippen molar-refractivity contribution in [3.05, 3.63) is 28.7 Å². The monoisotopic (exact) mass is 208 g/mol. The summed E-state index contributed by atoms with van der Waals surface area (Å²) < 4.78 is 11.6. The Balaban J connectivity index is 2.55. The molecule has 0 unspecified atom stereocenters. The molecule has 1 aromatic heterocycles. The number of nitrogens with zero attached hydrogens (tertiary/aromatic N) is 1. The zero-order valence-electron chi connectivity index (χ0n) is 8.40. The molecular weight excluding hydrogens is 196 g/mol. The van der Waals surface area contributed by atoms with Gasteiger partial charge in [0.2, 0.25) is 0 Å². The van der Waals surface area contributed by atoms with Crippen LogP contribution in [-0.4, -0.2) is 11.2 Å². The van der Waals surface area contributed by atoms with E-state index in [1.165, 1.54) is 4.57 Å². The number of fused-ring (bicyclic) bond motifs is 1. The van der Waals surface area contributed by atoms with Gasteiger partial charge in [-0.15, -0.1) is 0 Å². The van der Waals surface area contributed by atoms with Crippen LogP contribution < -0.4 is 11.5 Å². The number of hydrogen-bond acceptors (Lipinski definition) is 4. The van der Waals surface area contributed by atoms with E-state index in [0.717, 1.165) is 0 Å². The van der Waals surface area contributed by atoms with Crippen molar-refractivity contribution in [2.24, 2.45) is 0 Å². The summed E-state index contributed by atoms with van der Waals surface area (Å²) >= 11 is 0. The SMILES string of the molecule is CCOCn1c(=O)oc2ccc(N)cc21. The zero-order chi connectivity index (χ0) is 10.8. The minimum absolute atomic E-state index is 0.186. The molecule has 0 atom stereocenters. The lowest BCUT2D eigenvalue weighted by Crippen LogP contribution is -2.15. The van der Waals surface area contributed by atoms with Crippen LogP contribution in [0.3, 0.4) is 0 Å². The third kappa shape index (κ3) is 1.73. The highest BCUT2D eigenvalue weighted by atomic mass is 16.5. The maximum absolute atomic E-state index is 11.4. The van der Waals surface area contributed by atoms with Gasteiger partial charge < -0.3 is 14.9 Å². The molecule has 5 nitrogen and oxygen atoms in total. The van der Waals surface area contributed by atoms with E-state index < -0.39 is 5.76 Å². The summed E-state index contributed by atoms with van der Waals surface area (Å²) in [6, 6.07) is 5.06. The number of anilines is 1. The van der Waals surface area contributed by atoms with Crippen LogP contribution in [0.15, 0.2) is 27.4 Å². The Morgan fingerprint density at radius 1 is 1.53 bits per heavy atom. The van der Waals surface area contributed by atoms with Gasteiger partial charge in [0.15, 0.2) is 5.58 Å². The lowest BCUT2D eigenvalue weighted by Gasteiger charge is -2.01. The highest BCUT2D eigenvalue weighted by Crippen LogP contribution is 2.16. The molecule has 0 spiro atoms. The first-order valence-electron chi connectivity index (χ1n) is 4.69. The van der Waals surface area contributed by atoms with Crippen molar-refractivity contribution in [1.82, 2.24) is 4.57 Å². The Labute approximate surface area is 86.0 Å². The van der Waals surface area contributed by atoms with Gasteiger partial charge in [-0.1, -0.05) is 0 Å². The van der Waals surface area contributed by atoms with Gasteiger partial charge in [-0.2, -0.15) is 0 Å². The largest absolute Gasteiger partial charge is 0.421 e. The van der Waals surface area contributed by atoms with Gasteiger partial charge in [-0.25, -0.2) is 9.36 Å². The fraction of sp³-hybridized carbons (Fsp3) is 0.300. The first kappa shape index (κ1) is 9.79. The van der Waals surface area contributed by atoms with E-state index in [-0.39, 0.29) is 6.73 Å². The Morgan fingerprint density at radius 3 is 3.07 bits per heavy atom. The fourth-order valence-electron chi connectivity index (χ4n) is 1.38. The molecule has 0 aliphatic rings. The smallest absolute Gasteiger partial charge is 0.408 e. The molecule has 0 fully saturated rings. The van der Waals surface area contributed by atoms with Crippen LogP contribution in [0.25, 0.3) is 11.1 Å². The molecule has 0 saturated carbocycles. The van der Waals surface area contributed by atoms with Gasteiger partial charge in [0.05, 0.1) is 5.52 Å². The zero-order valence-corrected chi connectivity index (χ0v) is 8.40. The minimum Gasteiger partial charge on any atom is -0.408 e. The Kier molecular flexibility index (Phi) is 2.47. The van der Waals surface area contributed by atoms with Crippen LogP contribution >= 0.6 is 0 Å². The van der Waals surface area contributed by atoms with Crippen molar-refractivity contribution in [2.45, 2.75) is 13.7 Å². The first-order chi connectivity index (χ1) is 7.22. The minimum atomic E-state index is -0.427. The van der Waals surface area contributed by atoms with Crippen molar-refractivity contribution in [3.63, 3.8) is 0 Å². The molecule has 0 amide bonds. The summed E-state index contributed by atoms with van der Waals surface area (Å²) in [6.45, 7) is 2.59. The summed E-state index contributed by atoms with van der Waals surface area (Å²) in [5.74, 6) is -0.427. The summed E-state index contributed by atoms with van der Waals surface area (Å²) in [5.41, 5.74) is 7.41. The summed E-state index contributed by atoms with van der Waals surface area (Å²) in [5, 5.41) is 0. The maximum atomic E-state index is 11.4. The molecule has 2 rings (SSSR count). The number of oxazole rings is 1. The standard InChI is InChI=1S/C10H12N2O3/c1-2-14-6-12-8-5-7(11)3-4-9(8)15-10(12)13/h3-5H,2,6,11H2,1H3. The number of hydrogen-bond donors (Lipinski definition) is 1. The Hall–Kier alpha value is -1.75. The Morgan fingerprint density at radius 2 is 2.33 bits per heavy atom. The van der Waals surface area contributed by atoms with Crippen molar-refractivity contribution in [3.8, 4) is 0 Å². The molecule has 15 heavy (non-hydrogen) atoms. The molecular formula is C10H12N2O3. The van der Waals surface area contributed by atoms with Crippen LogP contribution in [0.2, 0.25) is 0 Å². The number of rotatable bonds is 3. The van der Waals surface area contributed by atoms with Crippen LogP contribution in [0, 0.1) is 0 Å². The fourth-order valence-corrected chi connectivity index (χ4v) is 1.38. The number of ether oxygens (including phenoxy) is 1. The van der Waals surface area contributed by atoms with Crippen molar-refractivity contribution < 1.29 is 9.15 Å². The van der Waals surface area contributed by atoms with E-state index in [9.17, 15) is 4.79 Å². The average molecular weight is 208 g/mol. The van der Waals surface area contributed by atoms with Crippen LogP contribution in [0.1, 0.15) is 6.92 Å². The molecule has 1 aromatic carbocycles. The molecule has 80 valence electrons. The lowest BCUT2D eigenvalue weighted by atomic mass is 10.3. The molecule has 2 N–H and O–H groups in total. The van der Waals surface area contributed by atoms with E-state index in [4.69, 9.17) is 14.9 Å². The van der Waals surface area contributed by atoms with Gasteiger partial charge in [0.25, 0.3) is 0 Å². The van der Waals surface area contributed by atoms with Gasteiger partial charge in [0, 0.05) is 12.3 Å². The second-order valence-corrected chi connectivity index (χ2v) is 3.15. The number of nitrogens with two attached hydrogens (primary N) is 1. The van der Waals surface area contributed by atoms with Gasteiger partial charge in [0.1, 0.15) is 6.73 Å². The van der Waals surface area contributed by atoms with Gasteiger partial charge in [-0.05, 0) is 25.1 Å². The van der Waals surface area contributed by atoms with Crippen molar-refractivity contribution in [2.75, 3.05) is 12.3 Å². The number of nitrogen functional groups attached to an aromatic ring is 1. The molecule has 0 bridgehead atoms. The lowest BCUT2D eigenvalue weighted by molar-refractivity contribution is 0.0856. The number of aromatic nitrogens is 1. The van der Waals surface area contributed by atoms with E-state index in [1.807, 2.05) is 6.92 Å². The van der Waals surface area contributed by atoms with Gasteiger partial charge in [-0.3, -0.25) is 0 Å². The molecule has 0 aliphatic carbocycles. The van der Waals surface area contributed by atoms with E-state index in [1.54, 1.807) is 18.2 Å². The third-order valence-corrected chi connectivity index (χ3v) is 2.12. The number of benzene rings is 1. The van der Waals surface area contributed by atoms with Gasteiger partial charge >= 0.3 is 5.76 Å². The summed E-state index contributed by atoms with van der Waals surface area (Å²) in [4.78, 5) is 11.4. The predicted octanol–water partition coefficient (Wildman–Crippen LogP) is 1.17.